The highest BCUT2D eigenvalue weighted by atomic mass is 19.1. The molecule has 1 fully saturated rings. The van der Waals surface area contributed by atoms with Gasteiger partial charge in [0.15, 0.2) is 11.6 Å². The summed E-state index contributed by atoms with van der Waals surface area (Å²) in [5, 5.41) is 0. The van der Waals surface area contributed by atoms with Gasteiger partial charge < -0.3 is 14.4 Å². The average Bonchev–Trinajstić information content (AvgIpc) is 2.73. The monoisotopic (exact) mass is 310 g/mol. The molecule has 0 saturated carbocycles. The third kappa shape index (κ3) is 4.08. The van der Waals surface area contributed by atoms with Crippen LogP contribution in [0.1, 0.15) is 39.8 Å². The molecule has 122 valence electrons. The molecule has 0 spiro atoms. The molecule has 1 saturated heterocycles. The number of hydrogen-bond donors (Lipinski definition) is 0. The Morgan fingerprint density at radius 1 is 1.45 bits per heavy atom. The van der Waals surface area contributed by atoms with Crippen LogP contribution in [0.2, 0.25) is 0 Å². The first-order valence-electron chi connectivity index (χ1n) is 7.44. The number of hydrogen-bond acceptors (Lipinski definition) is 4. The molecule has 2 heterocycles. The van der Waals surface area contributed by atoms with Crippen LogP contribution in [-0.2, 0) is 4.74 Å². The van der Waals surface area contributed by atoms with Crippen LogP contribution in [0.4, 0.5) is 9.18 Å². The Balaban J connectivity index is 2.01. The van der Waals surface area contributed by atoms with Crippen LogP contribution in [0.3, 0.4) is 0 Å². The molecule has 1 aliphatic heterocycles. The quantitative estimate of drug-likeness (QED) is 0.841. The van der Waals surface area contributed by atoms with E-state index in [4.69, 9.17) is 9.47 Å². The SMILES string of the molecule is Cc1cc(O[C@@H]2C[C@H](C)N(C(=O)OC(C)(C)C)C2)c(F)cn1. The summed E-state index contributed by atoms with van der Waals surface area (Å²) in [5.74, 6) is -0.315. The Kier molecular flexibility index (Phi) is 4.58. The highest BCUT2D eigenvalue weighted by Crippen LogP contribution is 2.26. The summed E-state index contributed by atoms with van der Waals surface area (Å²) in [6.45, 7) is 9.58. The topological polar surface area (TPSA) is 51.7 Å². The van der Waals surface area contributed by atoms with Gasteiger partial charge in [-0.25, -0.2) is 9.18 Å². The molecule has 2 rings (SSSR count). The van der Waals surface area contributed by atoms with Crippen molar-refractivity contribution in [3.8, 4) is 5.75 Å². The highest BCUT2D eigenvalue weighted by Gasteiger charge is 2.36. The number of amides is 1. The van der Waals surface area contributed by atoms with E-state index in [1.807, 2.05) is 27.7 Å². The maximum atomic E-state index is 13.7. The van der Waals surface area contributed by atoms with Crippen LogP contribution >= 0.6 is 0 Å². The van der Waals surface area contributed by atoms with E-state index in [9.17, 15) is 9.18 Å². The van der Waals surface area contributed by atoms with Crippen molar-refractivity contribution < 1.29 is 18.7 Å². The van der Waals surface area contributed by atoms with Crippen molar-refractivity contribution in [2.24, 2.45) is 0 Å². The molecule has 1 aromatic heterocycles. The molecule has 1 aliphatic rings. The Labute approximate surface area is 130 Å². The summed E-state index contributed by atoms with van der Waals surface area (Å²) < 4.78 is 24.8. The minimum atomic E-state index is -0.538. The number of rotatable bonds is 2. The lowest BCUT2D eigenvalue weighted by atomic mass is 10.2. The Bertz CT molecular complexity index is 557. The molecular weight excluding hydrogens is 287 g/mol. The van der Waals surface area contributed by atoms with Crippen molar-refractivity contribution in [1.29, 1.82) is 0 Å². The number of nitrogens with zero attached hydrogens (tertiary/aromatic N) is 2. The van der Waals surface area contributed by atoms with Crippen molar-refractivity contribution in [1.82, 2.24) is 9.88 Å². The van der Waals surface area contributed by atoms with Crippen molar-refractivity contribution in [3.05, 3.63) is 23.8 Å². The van der Waals surface area contributed by atoms with Gasteiger partial charge in [-0.1, -0.05) is 0 Å². The summed E-state index contributed by atoms with van der Waals surface area (Å²) in [7, 11) is 0. The second-order valence-corrected chi connectivity index (χ2v) is 6.71. The first-order chi connectivity index (χ1) is 10.2. The molecule has 0 N–H and O–H groups in total. The van der Waals surface area contributed by atoms with Crippen LogP contribution < -0.4 is 4.74 Å². The molecule has 0 unspecified atom stereocenters. The third-order valence-electron chi connectivity index (χ3n) is 3.41. The summed E-state index contributed by atoms with van der Waals surface area (Å²) in [6, 6.07) is 1.56. The predicted octanol–water partition coefficient (Wildman–Crippen LogP) is 3.31. The fourth-order valence-corrected chi connectivity index (χ4v) is 2.43. The molecule has 1 amide bonds. The van der Waals surface area contributed by atoms with Gasteiger partial charge in [0.1, 0.15) is 11.7 Å². The summed E-state index contributed by atoms with van der Waals surface area (Å²) in [4.78, 5) is 17.7. The minimum Gasteiger partial charge on any atom is -0.485 e. The van der Waals surface area contributed by atoms with E-state index >= 15 is 0 Å². The normalized spacial score (nSPS) is 21.8. The highest BCUT2D eigenvalue weighted by molar-refractivity contribution is 5.69. The van der Waals surface area contributed by atoms with Gasteiger partial charge >= 0.3 is 6.09 Å². The maximum Gasteiger partial charge on any atom is 0.410 e. The first-order valence-corrected chi connectivity index (χ1v) is 7.44. The van der Waals surface area contributed by atoms with Crippen LogP contribution in [-0.4, -0.2) is 40.3 Å². The zero-order valence-corrected chi connectivity index (χ0v) is 13.7. The molecule has 2 atom stereocenters. The van der Waals surface area contributed by atoms with E-state index in [1.165, 1.54) is 0 Å². The van der Waals surface area contributed by atoms with Gasteiger partial charge in [0.2, 0.25) is 0 Å². The summed E-state index contributed by atoms with van der Waals surface area (Å²) in [6.07, 6.45) is 1.17. The molecule has 5 nitrogen and oxygen atoms in total. The lowest BCUT2D eigenvalue weighted by Crippen LogP contribution is -2.39. The molecule has 6 heteroatoms. The van der Waals surface area contributed by atoms with Gasteiger partial charge in [-0.15, -0.1) is 0 Å². The van der Waals surface area contributed by atoms with Crippen LogP contribution in [0.25, 0.3) is 0 Å². The van der Waals surface area contributed by atoms with Crippen LogP contribution in [0.15, 0.2) is 12.3 Å². The van der Waals surface area contributed by atoms with Gasteiger partial charge in [-0.2, -0.15) is 0 Å². The number of ether oxygens (including phenoxy) is 2. The number of aryl methyl sites for hydroxylation is 1. The number of halogens is 1. The van der Waals surface area contributed by atoms with Crippen molar-refractivity contribution in [3.63, 3.8) is 0 Å². The minimum absolute atomic E-state index is 0.00848. The fourth-order valence-electron chi connectivity index (χ4n) is 2.43. The molecule has 0 radical (unpaired) electrons. The van der Waals surface area contributed by atoms with E-state index in [1.54, 1.807) is 17.9 Å². The largest absolute Gasteiger partial charge is 0.485 e. The van der Waals surface area contributed by atoms with Gasteiger partial charge in [0.25, 0.3) is 0 Å². The van der Waals surface area contributed by atoms with E-state index in [0.29, 0.717) is 18.7 Å². The van der Waals surface area contributed by atoms with Crippen molar-refractivity contribution in [2.45, 2.75) is 58.8 Å². The molecular formula is C16H23FN2O3. The van der Waals surface area contributed by atoms with E-state index in [-0.39, 0.29) is 24.0 Å². The zero-order valence-electron chi connectivity index (χ0n) is 13.7. The van der Waals surface area contributed by atoms with Gasteiger partial charge in [0.05, 0.1) is 12.7 Å². The Morgan fingerprint density at radius 2 is 2.14 bits per heavy atom. The smallest absolute Gasteiger partial charge is 0.410 e. The van der Waals surface area contributed by atoms with Gasteiger partial charge in [-0.3, -0.25) is 4.98 Å². The Morgan fingerprint density at radius 3 is 2.77 bits per heavy atom. The standard InChI is InChI=1S/C16H23FN2O3/c1-10-6-14(13(17)8-18-10)21-12-7-11(2)19(9-12)15(20)22-16(3,4)5/h6,8,11-12H,7,9H2,1-5H3/t11-,12+/m0/s1. The van der Waals surface area contributed by atoms with Crippen molar-refractivity contribution in [2.75, 3.05) is 6.54 Å². The van der Waals surface area contributed by atoms with Gasteiger partial charge in [-0.05, 0) is 34.6 Å². The second kappa shape index (κ2) is 6.10. The van der Waals surface area contributed by atoms with Crippen LogP contribution in [0, 0.1) is 12.7 Å². The lowest BCUT2D eigenvalue weighted by Gasteiger charge is -2.26. The fraction of sp³-hybridized carbons (Fsp3) is 0.625. The number of carbonyl (C=O) groups excluding carboxylic acids is 1. The summed E-state index contributed by atoms with van der Waals surface area (Å²) >= 11 is 0. The second-order valence-electron chi connectivity index (χ2n) is 6.71. The van der Waals surface area contributed by atoms with E-state index in [2.05, 4.69) is 4.98 Å². The zero-order chi connectivity index (χ0) is 16.5. The molecule has 1 aromatic rings. The van der Waals surface area contributed by atoms with Crippen molar-refractivity contribution >= 4 is 6.09 Å². The third-order valence-corrected chi connectivity index (χ3v) is 3.41. The maximum absolute atomic E-state index is 13.7. The van der Waals surface area contributed by atoms with E-state index in [0.717, 1.165) is 6.20 Å². The number of carbonyl (C=O) groups is 1. The molecule has 0 aliphatic carbocycles. The number of pyridine rings is 1. The average molecular weight is 310 g/mol. The lowest BCUT2D eigenvalue weighted by molar-refractivity contribution is 0.0224. The number of aromatic nitrogens is 1. The number of likely N-dealkylation sites (tertiary alicyclic amines) is 1. The molecule has 0 aromatic carbocycles. The Hall–Kier alpha value is -1.85. The first kappa shape index (κ1) is 16.5. The van der Waals surface area contributed by atoms with Gasteiger partial charge in [0, 0.05) is 24.2 Å². The molecule has 0 bridgehead atoms. The summed E-state index contributed by atoms with van der Waals surface area (Å²) in [5.41, 5.74) is 0.149. The van der Waals surface area contributed by atoms with Crippen LogP contribution in [0.5, 0.6) is 5.75 Å². The molecule has 22 heavy (non-hydrogen) atoms. The predicted molar refractivity (Wildman–Crippen MR) is 80.4 cm³/mol. The van der Waals surface area contributed by atoms with E-state index < -0.39 is 11.4 Å².